The summed E-state index contributed by atoms with van der Waals surface area (Å²) in [6, 6.07) is 13.1. The van der Waals surface area contributed by atoms with Crippen molar-refractivity contribution in [3.05, 3.63) is 59.9 Å². The minimum atomic E-state index is -0.977. The summed E-state index contributed by atoms with van der Waals surface area (Å²) < 4.78 is 24.4. The Bertz CT molecular complexity index is 859. The van der Waals surface area contributed by atoms with Crippen molar-refractivity contribution in [1.29, 1.82) is 0 Å². The normalized spacial score (nSPS) is 16.1. The van der Waals surface area contributed by atoms with Crippen molar-refractivity contribution >= 4 is 17.6 Å². The summed E-state index contributed by atoms with van der Waals surface area (Å²) in [6.07, 6.45) is 2.04. The lowest BCUT2D eigenvalue weighted by Gasteiger charge is -2.28. The number of esters is 1. The molecular formula is C23H26FNO4. The quantitative estimate of drug-likeness (QED) is 0.691. The third-order valence-corrected chi connectivity index (χ3v) is 5.34. The molecule has 0 spiro atoms. The van der Waals surface area contributed by atoms with Crippen LogP contribution in [0.3, 0.4) is 0 Å². The maximum absolute atomic E-state index is 13.3. The van der Waals surface area contributed by atoms with Crippen molar-refractivity contribution in [3.8, 4) is 5.75 Å². The van der Waals surface area contributed by atoms with Gasteiger partial charge in [0, 0.05) is 0 Å². The van der Waals surface area contributed by atoms with Crippen LogP contribution in [-0.2, 0) is 19.7 Å². The van der Waals surface area contributed by atoms with Crippen LogP contribution in [-0.4, -0.2) is 24.6 Å². The van der Waals surface area contributed by atoms with Crippen LogP contribution < -0.4 is 10.1 Å². The first-order valence-electron chi connectivity index (χ1n) is 9.96. The first-order valence-corrected chi connectivity index (χ1v) is 9.96. The van der Waals surface area contributed by atoms with Crippen LogP contribution in [0.25, 0.3) is 0 Å². The van der Waals surface area contributed by atoms with E-state index in [-0.39, 0.29) is 5.82 Å². The molecule has 1 atom stereocenters. The van der Waals surface area contributed by atoms with Gasteiger partial charge in [0.25, 0.3) is 5.91 Å². The second-order valence-corrected chi connectivity index (χ2v) is 7.26. The molecule has 2 aromatic rings. The molecule has 2 aromatic carbocycles. The van der Waals surface area contributed by atoms with Gasteiger partial charge in [-0.25, -0.2) is 4.39 Å². The molecule has 0 heterocycles. The highest BCUT2D eigenvalue weighted by Gasteiger charge is 2.45. The highest BCUT2D eigenvalue weighted by atomic mass is 19.1. The number of halogens is 1. The summed E-state index contributed by atoms with van der Waals surface area (Å²) >= 11 is 0. The minimum Gasteiger partial charge on any atom is -0.492 e. The molecule has 0 radical (unpaired) electrons. The van der Waals surface area contributed by atoms with Gasteiger partial charge in [-0.1, -0.05) is 37.1 Å². The van der Waals surface area contributed by atoms with Crippen LogP contribution in [0.4, 0.5) is 10.1 Å². The van der Waals surface area contributed by atoms with E-state index in [9.17, 15) is 14.0 Å². The highest BCUT2D eigenvalue weighted by molar-refractivity contribution is 5.97. The number of nitrogens with one attached hydrogen (secondary N) is 1. The third-order valence-electron chi connectivity index (χ3n) is 5.34. The fourth-order valence-electron chi connectivity index (χ4n) is 3.77. The van der Waals surface area contributed by atoms with E-state index in [0.717, 1.165) is 18.4 Å². The summed E-state index contributed by atoms with van der Waals surface area (Å²) in [5.41, 5.74) is 0.429. The first kappa shape index (κ1) is 20.8. The number of hydrogen-bond acceptors (Lipinski definition) is 4. The van der Waals surface area contributed by atoms with Gasteiger partial charge in [-0.05, 0) is 56.5 Å². The summed E-state index contributed by atoms with van der Waals surface area (Å²) in [4.78, 5) is 25.7. The SMILES string of the molecule is CCOc1ccccc1NC(=O)[C@@H](C)OC(=O)C1(c2ccc(F)cc2)CCCC1. The number of rotatable bonds is 7. The van der Waals surface area contributed by atoms with Crippen molar-refractivity contribution in [2.45, 2.75) is 51.0 Å². The minimum absolute atomic E-state index is 0.351. The molecule has 3 rings (SSSR count). The maximum atomic E-state index is 13.3. The number of benzene rings is 2. The fourth-order valence-corrected chi connectivity index (χ4v) is 3.77. The molecule has 0 saturated heterocycles. The number of ether oxygens (including phenoxy) is 2. The lowest BCUT2D eigenvalue weighted by Crippen LogP contribution is -2.39. The Hall–Kier alpha value is -2.89. The van der Waals surface area contributed by atoms with E-state index in [1.165, 1.54) is 12.1 Å². The van der Waals surface area contributed by atoms with Crippen LogP contribution in [0.2, 0.25) is 0 Å². The Morgan fingerprint density at radius 2 is 1.76 bits per heavy atom. The number of carbonyl (C=O) groups is 2. The molecule has 1 amide bonds. The van der Waals surface area contributed by atoms with E-state index in [0.29, 0.717) is 30.9 Å². The van der Waals surface area contributed by atoms with Crippen molar-refractivity contribution in [1.82, 2.24) is 0 Å². The summed E-state index contributed by atoms with van der Waals surface area (Å²) in [5, 5.41) is 2.76. The molecule has 6 heteroatoms. The van der Waals surface area contributed by atoms with Gasteiger partial charge in [0.05, 0.1) is 17.7 Å². The van der Waals surface area contributed by atoms with Gasteiger partial charge in [0.15, 0.2) is 6.10 Å². The van der Waals surface area contributed by atoms with Crippen LogP contribution in [0.15, 0.2) is 48.5 Å². The van der Waals surface area contributed by atoms with Gasteiger partial charge >= 0.3 is 5.97 Å². The molecule has 1 aliphatic carbocycles. The lowest BCUT2D eigenvalue weighted by molar-refractivity contribution is -0.159. The molecule has 29 heavy (non-hydrogen) atoms. The van der Waals surface area contributed by atoms with Gasteiger partial charge in [-0.15, -0.1) is 0 Å². The fraction of sp³-hybridized carbons (Fsp3) is 0.391. The topological polar surface area (TPSA) is 64.6 Å². The van der Waals surface area contributed by atoms with Crippen molar-refractivity contribution in [3.63, 3.8) is 0 Å². The molecule has 0 aromatic heterocycles. The van der Waals surface area contributed by atoms with E-state index in [2.05, 4.69) is 5.32 Å². The Balaban J connectivity index is 1.72. The van der Waals surface area contributed by atoms with E-state index in [4.69, 9.17) is 9.47 Å². The molecule has 0 aliphatic heterocycles. The predicted octanol–water partition coefficient (Wildman–Crippen LogP) is 4.61. The predicted molar refractivity (Wildman–Crippen MR) is 108 cm³/mol. The second-order valence-electron chi connectivity index (χ2n) is 7.26. The number of amides is 1. The van der Waals surface area contributed by atoms with E-state index in [1.807, 2.05) is 13.0 Å². The average molecular weight is 399 g/mol. The molecule has 1 saturated carbocycles. The monoisotopic (exact) mass is 399 g/mol. The van der Waals surface area contributed by atoms with Crippen LogP contribution in [0, 0.1) is 5.82 Å². The smallest absolute Gasteiger partial charge is 0.317 e. The third kappa shape index (κ3) is 4.58. The van der Waals surface area contributed by atoms with Crippen molar-refractivity contribution in [2.75, 3.05) is 11.9 Å². The summed E-state index contributed by atoms with van der Waals surface area (Å²) in [7, 11) is 0. The molecule has 154 valence electrons. The maximum Gasteiger partial charge on any atom is 0.317 e. The molecule has 1 aliphatic rings. The van der Waals surface area contributed by atoms with Crippen LogP contribution >= 0.6 is 0 Å². The van der Waals surface area contributed by atoms with Crippen LogP contribution in [0.5, 0.6) is 5.75 Å². The van der Waals surface area contributed by atoms with Gasteiger partial charge in [-0.3, -0.25) is 9.59 Å². The zero-order valence-corrected chi connectivity index (χ0v) is 16.7. The largest absolute Gasteiger partial charge is 0.492 e. The summed E-state index contributed by atoms with van der Waals surface area (Å²) in [6.45, 7) is 3.88. The molecule has 5 nitrogen and oxygen atoms in total. The van der Waals surface area contributed by atoms with E-state index in [1.54, 1.807) is 37.3 Å². The van der Waals surface area contributed by atoms with Crippen molar-refractivity contribution in [2.24, 2.45) is 0 Å². The zero-order chi connectivity index (χ0) is 20.9. The molecule has 0 bridgehead atoms. The number of para-hydroxylation sites is 2. The summed E-state index contributed by atoms with van der Waals surface area (Å²) in [5.74, 6) is -0.670. The van der Waals surface area contributed by atoms with E-state index >= 15 is 0 Å². The molecule has 1 N–H and O–H groups in total. The van der Waals surface area contributed by atoms with E-state index < -0.39 is 23.4 Å². The Labute approximate surface area is 170 Å². The standard InChI is InChI=1S/C23H26FNO4/c1-3-28-20-9-5-4-8-19(20)25-21(26)16(2)29-22(27)23(14-6-7-15-23)17-10-12-18(24)13-11-17/h4-5,8-13,16H,3,6-7,14-15H2,1-2H3,(H,25,26)/t16-/m1/s1. The Morgan fingerprint density at radius 1 is 1.10 bits per heavy atom. The highest BCUT2D eigenvalue weighted by Crippen LogP contribution is 2.42. The molecule has 1 fully saturated rings. The average Bonchev–Trinajstić information content (AvgIpc) is 3.21. The van der Waals surface area contributed by atoms with Gasteiger partial charge < -0.3 is 14.8 Å². The van der Waals surface area contributed by atoms with Gasteiger partial charge in [-0.2, -0.15) is 0 Å². The molecule has 0 unspecified atom stereocenters. The molecular weight excluding hydrogens is 373 g/mol. The Morgan fingerprint density at radius 3 is 2.41 bits per heavy atom. The van der Waals surface area contributed by atoms with Gasteiger partial charge in [0.2, 0.25) is 0 Å². The zero-order valence-electron chi connectivity index (χ0n) is 16.7. The van der Waals surface area contributed by atoms with Gasteiger partial charge in [0.1, 0.15) is 11.6 Å². The first-order chi connectivity index (χ1) is 14.0. The number of hydrogen-bond donors (Lipinski definition) is 1. The number of carbonyl (C=O) groups excluding carboxylic acids is 2. The lowest BCUT2D eigenvalue weighted by atomic mass is 9.79. The second kappa shape index (κ2) is 9.07. The Kier molecular flexibility index (Phi) is 6.52. The van der Waals surface area contributed by atoms with Crippen molar-refractivity contribution < 1.29 is 23.5 Å². The number of anilines is 1. The van der Waals surface area contributed by atoms with Crippen LogP contribution in [0.1, 0.15) is 45.1 Å².